The van der Waals surface area contributed by atoms with Gasteiger partial charge in [-0.15, -0.1) is 0 Å². The maximum absolute atomic E-state index is 12.2. The summed E-state index contributed by atoms with van der Waals surface area (Å²) in [6.45, 7) is 4.55. The van der Waals surface area contributed by atoms with Crippen LogP contribution < -0.4 is 10.6 Å². The number of hydrogen-bond acceptors (Lipinski definition) is 4. The molecule has 1 heterocycles. The Bertz CT molecular complexity index is 845. The van der Waals surface area contributed by atoms with E-state index in [4.69, 9.17) is 0 Å². The van der Waals surface area contributed by atoms with Gasteiger partial charge in [0.1, 0.15) is 0 Å². The van der Waals surface area contributed by atoms with Crippen molar-refractivity contribution in [2.45, 2.75) is 26.4 Å². The summed E-state index contributed by atoms with van der Waals surface area (Å²) in [5.41, 5.74) is 3.84. The summed E-state index contributed by atoms with van der Waals surface area (Å²) in [6.07, 6.45) is 3.08. The van der Waals surface area contributed by atoms with Crippen molar-refractivity contribution in [3.63, 3.8) is 0 Å². The average molecular weight is 346 g/mol. The molecule has 0 spiro atoms. The minimum Gasteiger partial charge on any atom is -0.348 e. The molecule has 5 nitrogen and oxygen atoms in total. The maximum Gasteiger partial charge on any atom is 0.254 e. The number of carbonyl (C=O) groups is 1. The molecule has 1 aromatic heterocycles. The van der Waals surface area contributed by atoms with Crippen molar-refractivity contribution in [3.05, 3.63) is 89.2 Å². The molecule has 1 atom stereocenters. The van der Waals surface area contributed by atoms with Crippen molar-refractivity contribution >= 4 is 11.9 Å². The third kappa shape index (κ3) is 4.66. The minimum absolute atomic E-state index is 0.0809. The Labute approximate surface area is 153 Å². The van der Waals surface area contributed by atoms with E-state index in [0.717, 1.165) is 11.1 Å². The Hall–Kier alpha value is -3.21. The minimum atomic E-state index is -0.187. The molecule has 0 saturated heterocycles. The van der Waals surface area contributed by atoms with Gasteiger partial charge in [-0.05, 0) is 25.0 Å². The molecule has 0 bridgehead atoms. The highest BCUT2D eigenvalue weighted by atomic mass is 16.1. The van der Waals surface area contributed by atoms with E-state index >= 15 is 0 Å². The van der Waals surface area contributed by atoms with E-state index in [1.807, 2.05) is 68.4 Å². The summed E-state index contributed by atoms with van der Waals surface area (Å²) in [6, 6.07) is 18.2. The maximum atomic E-state index is 12.2. The Morgan fingerprint density at radius 3 is 2.31 bits per heavy atom. The van der Waals surface area contributed by atoms with Crippen molar-refractivity contribution in [3.8, 4) is 0 Å². The highest BCUT2D eigenvalue weighted by Gasteiger charge is 2.09. The molecule has 132 valence electrons. The summed E-state index contributed by atoms with van der Waals surface area (Å²) in [5, 5.41) is 6.11. The predicted molar refractivity (Wildman–Crippen MR) is 103 cm³/mol. The number of aryl methyl sites for hydroxylation is 1. The predicted octanol–water partition coefficient (Wildman–Crippen LogP) is 3.89. The number of anilines is 1. The first-order chi connectivity index (χ1) is 12.6. The fourth-order valence-corrected chi connectivity index (χ4v) is 2.53. The zero-order chi connectivity index (χ0) is 18.4. The van der Waals surface area contributed by atoms with E-state index in [1.165, 1.54) is 18.0 Å². The van der Waals surface area contributed by atoms with Gasteiger partial charge in [-0.2, -0.15) is 0 Å². The number of benzene rings is 2. The van der Waals surface area contributed by atoms with Crippen LogP contribution in [0.1, 0.15) is 40.0 Å². The van der Waals surface area contributed by atoms with Crippen molar-refractivity contribution in [1.29, 1.82) is 0 Å². The molecular formula is C21H22N4O. The number of aromatic nitrogens is 2. The van der Waals surface area contributed by atoms with Gasteiger partial charge in [-0.3, -0.25) is 4.79 Å². The zero-order valence-electron chi connectivity index (χ0n) is 14.9. The van der Waals surface area contributed by atoms with E-state index in [1.54, 1.807) is 0 Å². The van der Waals surface area contributed by atoms with Crippen LogP contribution >= 0.6 is 0 Å². The molecule has 5 heteroatoms. The van der Waals surface area contributed by atoms with Crippen LogP contribution in [0.3, 0.4) is 0 Å². The quantitative estimate of drug-likeness (QED) is 0.711. The second-order valence-electron chi connectivity index (χ2n) is 6.24. The van der Waals surface area contributed by atoms with Crippen molar-refractivity contribution in [2.24, 2.45) is 0 Å². The molecule has 0 radical (unpaired) electrons. The van der Waals surface area contributed by atoms with Crippen LogP contribution in [0, 0.1) is 6.92 Å². The lowest BCUT2D eigenvalue weighted by atomic mass is 10.1. The van der Waals surface area contributed by atoms with Gasteiger partial charge in [-0.25, -0.2) is 9.97 Å². The smallest absolute Gasteiger partial charge is 0.254 e. The van der Waals surface area contributed by atoms with Gasteiger partial charge < -0.3 is 10.6 Å². The second kappa shape index (κ2) is 8.25. The summed E-state index contributed by atoms with van der Waals surface area (Å²) in [4.78, 5) is 20.7. The summed E-state index contributed by atoms with van der Waals surface area (Å²) >= 11 is 0. The number of rotatable bonds is 6. The molecule has 0 aliphatic heterocycles. The Morgan fingerprint density at radius 1 is 1.00 bits per heavy atom. The number of carbonyl (C=O) groups excluding carboxylic acids is 1. The average Bonchev–Trinajstić information content (AvgIpc) is 2.68. The van der Waals surface area contributed by atoms with Crippen molar-refractivity contribution in [1.82, 2.24) is 15.3 Å². The monoisotopic (exact) mass is 346 g/mol. The van der Waals surface area contributed by atoms with Crippen LogP contribution in [-0.2, 0) is 6.54 Å². The first-order valence-corrected chi connectivity index (χ1v) is 8.59. The normalized spacial score (nSPS) is 11.6. The number of nitrogens with one attached hydrogen (secondary N) is 2. The van der Waals surface area contributed by atoms with Gasteiger partial charge in [-0.1, -0.05) is 60.2 Å². The number of hydrogen-bond donors (Lipinski definition) is 2. The van der Waals surface area contributed by atoms with Gasteiger partial charge in [0.2, 0.25) is 5.95 Å². The summed E-state index contributed by atoms with van der Waals surface area (Å²) < 4.78 is 0. The highest BCUT2D eigenvalue weighted by Crippen LogP contribution is 2.16. The standard InChI is InChI=1S/C21H22N4O/c1-15-8-10-17(11-9-15)12-22-20(26)19-13-23-21(24-14-19)25-16(2)18-6-4-3-5-7-18/h3-11,13-14,16H,12H2,1-2H3,(H,22,26)(H,23,24,25). The largest absolute Gasteiger partial charge is 0.348 e. The first-order valence-electron chi connectivity index (χ1n) is 8.59. The van der Waals surface area contributed by atoms with E-state index in [0.29, 0.717) is 18.1 Å². The summed E-state index contributed by atoms with van der Waals surface area (Å²) in [5.74, 6) is 0.310. The van der Waals surface area contributed by atoms with Crippen LogP contribution in [-0.4, -0.2) is 15.9 Å². The van der Waals surface area contributed by atoms with Crippen molar-refractivity contribution in [2.75, 3.05) is 5.32 Å². The lowest BCUT2D eigenvalue weighted by molar-refractivity contribution is 0.0950. The topological polar surface area (TPSA) is 66.9 Å². The second-order valence-corrected chi connectivity index (χ2v) is 6.24. The van der Waals surface area contributed by atoms with Gasteiger partial charge >= 0.3 is 0 Å². The summed E-state index contributed by atoms with van der Waals surface area (Å²) in [7, 11) is 0. The molecule has 0 saturated carbocycles. The van der Waals surface area contributed by atoms with Gasteiger partial charge in [0, 0.05) is 18.9 Å². The fraction of sp³-hybridized carbons (Fsp3) is 0.190. The number of nitrogens with zero attached hydrogens (tertiary/aromatic N) is 2. The lowest BCUT2D eigenvalue weighted by Gasteiger charge is -2.14. The Balaban J connectivity index is 1.56. The third-order valence-corrected chi connectivity index (χ3v) is 4.13. The molecular weight excluding hydrogens is 324 g/mol. The van der Waals surface area contributed by atoms with E-state index in [-0.39, 0.29) is 11.9 Å². The molecule has 2 N–H and O–H groups in total. The van der Waals surface area contributed by atoms with Gasteiger partial charge in [0.05, 0.1) is 11.6 Å². The Morgan fingerprint density at radius 2 is 1.65 bits per heavy atom. The third-order valence-electron chi connectivity index (χ3n) is 4.13. The molecule has 0 fully saturated rings. The number of amides is 1. The SMILES string of the molecule is Cc1ccc(CNC(=O)c2cnc(NC(C)c3ccccc3)nc2)cc1. The van der Waals surface area contributed by atoms with E-state index in [9.17, 15) is 4.79 Å². The van der Waals surface area contributed by atoms with Crippen molar-refractivity contribution < 1.29 is 4.79 Å². The zero-order valence-corrected chi connectivity index (χ0v) is 14.9. The van der Waals surface area contributed by atoms with Gasteiger partial charge in [0.25, 0.3) is 5.91 Å². The molecule has 3 aromatic rings. The first kappa shape index (κ1) is 17.6. The van der Waals surface area contributed by atoms with E-state index in [2.05, 4.69) is 20.6 Å². The van der Waals surface area contributed by atoms with Crippen LogP contribution in [0.25, 0.3) is 0 Å². The molecule has 1 amide bonds. The Kier molecular flexibility index (Phi) is 5.59. The van der Waals surface area contributed by atoms with Gasteiger partial charge in [0.15, 0.2) is 0 Å². The molecule has 3 rings (SSSR count). The fourth-order valence-electron chi connectivity index (χ4n) is 2.53. The molecule has 0 aliphatic carbocycles. The van der Waals surface area contributed by atoms with Crippen LogP contribution in [0.15, 0.2) is 67.0 Å². The molecule has 1 unspecified atom stereocenters. The molecule has 0 aliphatic rings. The molecule has 2 aromatic carbocycles. The van der Waals surface area contributed by atoms with Crippen LogP contribution in [0.4, 0.5) is 5.95 Å². The van der Waals surface area contributed by atoms with Crippen LogP contribution in [0.2, 0.25) is 0 Å². The van der Waals surface area contributed by atoms with Crippen LogP contribution in [0.5, 0.6) is 0 Å². The highest BCUT2D eigenvalue weighted by molar-refractivity contribution is 5.93. The molecule has 26 heavy (non-hydrogen) atoms. The van der Waals surface area contributed by atoms with E-state index < -0.39 is 0 Å². The lowest BCUT2D eigenvalue weighted by Crippen LogP contribution is -2.23.